The molecule has 2 amide bonds. The predicted molar refractivity (Wildman–Crippen MR) is 110 cm³/mol. The van der Waals surface area contributed by atoms with Gasteiger partial charge in [0.2, 0.25) is 5.91 Å². The Bertz CT molecular complexity index is 791. The molecule has 0 unspecified atom stereocenters. The van der Waals surface area contributed by atoms with E-state index in [0.717, 1.165) is 0 Å². The van der Waals surface area contributed by atoms with Gasteiger partial charge in [-0.15, -0.1) is 11.8 Å². The lowest BCUT2D eigenvalue weighted by Gasteiger charge is -2.12. The maximum absolute atomic E-state index is 12.3. The van der Waals surface area contributed by atoms with Crippen molar-refractivity contribution in [3.8, 4) is 0 Å². The number of nitrogens with one attached hydrogen (secondary N) is 2. The smallest absolute Gasteiger partial charge is 0.253 e. The number of benzene rings is 2. The number of ketones is 1. The van der Waals surface area contributed by atoms with Crippen molar-refractivity contribution in [2.24, 2.45) is 5.92 Å². The zero-order chi connectivity index (χ0) is 19.6. The molecule has 2 N–H and O–H groups in total. The minimum absolute atomic E-state index is 0.0122. The summed E-state index contributed by atoms with van der Waals surface area (Å²) in [6.07, 6.45) is 0. The first-order valence-corrected chi connectivity index (χ1v) is 9.96. The molecule has 27 heavy (non-hydrogen) atoms. The standard InChI is InChI=1S/C21H24N2O3S/c1-15(2)12-22-21(26)17-10-6-7-11-18(17)23-20(25)14-27-13-19(24)16-8-4-3-5-9-16/h3-11,15H,12-14H2,1-2H3,(H,22,26)(H,23,25). The highest BCUT2D eigenvalue weighted by atomic mass is 32.2. The van der Waals surface area contributed by atoms with Crippen LogP contribution in [0.3, 0.4) is 0 Å². The van der Waals surface area contributed by atoms with E-state index < -0.39 is 0 Å². The van der Waals surface area contributed by atoms with Gasteiger partial charge in [-0.1, -0.05) is 56.3 Å². The van der Waals surface area contributed by atoms with E-state index in [0.29, 0.717) is 29.3 Å². The number of amides is 2. The summed E-state index contributed by atoms with van der Waals surface area (Å²) in [7, 11) is 0. The third kappa shape index (κ3) is 6.90. The first-order valence-electron chi connectivity index (χ1n) is 8.80. The fourth-order valence-corrected chi connectivity index (χ4v) is 3.02. The van der Waals surface area contributed by atoms with Gasteiger partial charge >= 0.3 is 0 Å². The Morgan fingerprint density at radius 2 is 1.59 bits per heavy atom. The van der Waals surface area contributed by atoms with Gasteiger partial charge in [-0.05, 0) is 18.1 Å². The molecule has 0 aromatic heterocycles. The van der Waals surface area contributed by atoms with Gasteiger partial charge in [0.05, 0.1) is 22.8 Å². The zero-order valence-corrected chi connectivity index (χ0v) is 16.3. The Kier molecular flexibility index (Phi) is 8.07. The van der Waals surface area contributed by atoms with Gasteiger partial charge in [0.1, 0.15) is 0 Å². The van der Waals surface area contributed by atoms with Crippen LogP contribution in [0.15, 0.2) is 54.6 Å². The average molecular weight is 385 g/mol. The van der Waals surface area contributed by atoms with E-state index in [2.05, 4.69) is 10.6 Å². The molecule has 0 heterocycles. The molecule has 2 rings (SSSR count). The van der Waals surface area contributed by atoms with Crippen molar-refractivity contribution in [2.75, 3.05) is 23.4 Å². The van der Waals surface area contributed by atoms with E-state index in [9.17, 15) is 14.4 Å². The summed E-state index contributed by atoms with van der Waals surface area (Å²) in [5.41, 5.74) is 1.54. The number of para-hydroxylation sites is 1. The molecule has 0 saturated heterocycles. The van der Waals surface area contributed by atoms with E-state index in [1.807, 2.05) is 32.0 Å². The summed E-state index contributed by atoms with van der Waals surface area (Å²) in [4.78, 5) is 36.5. The van der Waals surface area contributed by atoms with Crippen LogP contribution in [0.5, 0.6) is 0 Å². The fraction of sp³-hybridized carbons (Fsp3) is 0.286. The monoisotopic (exact) mass is 384 g/mol. The number of thioether (sulfide) groups is 1. The molecule has 0 bridgehead atoms. The Morgan fingerprint density at radius 3 is 2.30 bits per heavy atom. The summed E-state index contributed by atoms with van der Waals surface area (Å²) in [6.45, 7) is 4.60. The Balaban J connectivity index is 1.87. The third-order valence-electron chi connectivity index (χ3n) is 3.68. The van der Waals surface area contributed by atoms with Crippen LogP contribution in [0, 0.1) is 5.92 Å². The van der Waals surface area contributed by atoms with Crippen LogP contribution in [-0.4, -0.2) is 35.6 Å². The predicted octanol–water partition coefficient (Wildman–Crippen LogP) is 3.63. The summed E-state index contributed by atoms with van der Waals surface area (Å²) in [5, 5.41) is 5.61. The Labute approximate surface area is 163 Å². The summed E-state index contributed by atoms with van der Waals surface area (Å²) < 4.78 is 0. The Morgan fingerprint density at radius 1 is 0.926 bits per heavy atom. The molecule has 0 spiro atoms. The number of carbonyl (C=O) groups is 3. The van der Waals surface area contributed by atoms with Gasteiger partial charge in [-0.25, -0.2) is 0 Å². The van der Waals surface area contributed by atoms with Gasteiger partial charge in [0, 0.05) is 12.1 Å². The highest BCUT2D eigenvalue weighted by Crippen LogP contribution is 2.16. The first-order chi connectivity index (χ1) is 13.0. The molecular weight excluding hydrogens is 360 g/mol. The number of hydrogen-bond acceptors (Lipinski definition) is 4. The van der Waals surface area contributed by atoms with Crippen LogP contribution in [0.4, 0.5) is 5.69 Å². The molecule has 0 atom stereocenters. The molecule has 5 nitrogen and oxygen atoms in total. The van der Waals surface area contributed by atoms with Gasteiger partial charge in [-0.3, -0.25) is 14.4 Å². The quantitative estimate of drug-likeness (QED) is 0.648. The molecule has 6 heteroatoms. The van der Waals surface area contributed by atoms with Crippen LogP contribution in [0.2, 0.25) is 0 Å². The SMILES string of the molecule is CC(C)CNC(=O)c1ccccc1NC(=O)CSCC(=O)c1ccccc1. The molecule has 0 aliphatic heterocycles. The van der Waals surface area contributed by atoms with Gasteiger partial charge < -0.3 is 10.6 Å². The third-order valence-corrected chi connectivity index (χ3v) is 4.61. The van der Waals surface area contributed by atoms with Crippen molar-refractivity contribution in [3.05, 3.63) is 65.7 Å². The largest absolute Gasteiger partial charge is 0.352 e. The number of rotatable bonds is 9. The number of hydrogen-bond donors (Lipinski definition) is 2. The van der Waals surface area contributed by atoms with E-state index in [-0.39, 0.29) is 29.1 Å². The lowest BCUT2D eigenvalue weighted by Crippen LogP contribution is -2.28. The minimum atomic E-state index is -0.245. The molecule has 0 saturated carbocycles. The lowest BCUT2D eigenvalue weighted by molar-refractivity contribution is -0.113. The van der Waals surface area contributed by atoms with Gasteiger partial charge in [0.25, 0.3) is 5.91 Å². The van der Waals surface area contributed by atoms with Crippen LogP contribution >= 0.6 is 11.8 Å². The normalized spacial score (nSPS) is 10.5. The van der Waals surface area contributed by atoms with Crippen LogP contribution in [0.1, 0.15) is 34.6 Å². The van der Waals surface area contributed by atoms with Gasteiger partial charge in [0.15, 0.2) is 5.78 Å². The van der Waals surface area contributed by atoms with Crippen LogP contribution in [0.25, 0.3) is 0 Å². The average Bonchev–Trinajstić information content (AvgIpc) is 2.67. The topological polar surface area (TPSA) is 75.3 Å². The van der Waals surface area contributed by atoms with Crippen molar-refractivity contribution in [1.82, 2.24) is 5.32 Å². The number of Topliss-reactive ketones (excluding diaryl/α,β-unsaturated/α-hetero) is 1. The molecule has 2 aromatic carbocycles. The summed E-state index contributed by atoms with van der Waals surface area (Å²) in [6, 6.07) is 15.9. The second-order valence-electron chi connectivity index (χ2n) is 6.48. The van der Waals surface area contributed by atoms with Crippen molar-refractivity contribution in [2.45, 2.75) is 13.8 Å². The first kappa shape index (κ1) is 20.7. The second-order valence-corrected chi connectivity index (χ2v) is 7.47. The van der Waals surface area contributed by atoms with Crippen molar-refractivity contribution in [1.29, 1.82) is 0 Å². The van der Waals surface area contributed by atoms with E-state index in [4.69, 9.17) is 0 Å². The van der Waals surface area contributed by atoms with E-state index in [1.165, 1.54) is 11.8 Å². The molecule has 0 fully saturated rings. The molecule has 0 aliphatic carbocycles. The maximum atomic E-state index is 12.3. The van der Waals surface area contributed by atoms with E-state index >= 15 is 0 Å². The van der Waals surface area contributed by atoms with Crippen molar-refractivity contribution >= 4 is 35.0 Å². The fourth-order valence-electron chi connectivity index (χ4n) is 2.31. The maximum Gasteiger partial charge on any atom is 0.253 e. The highest BCUT2D eigenvalue weighted by molar-refractivity contribution is 8.00. The molecule has 142 valence electrons. The van der Waals surface area contributed by atoms with Crippen molar-refractivity contribution < 1.29 is 14.4 Å². The lowest BCUT2D eigenvalue weighted by atomic mass is 10.1. The van der Waals surface area contributed by atoms with Crippen LogP contribution in [-0.2, 0) is 4.79 Å². The second kappa shape index (κ2) is 10.5. The number of carbonyl (C=O) groups excluding carboxylic acids is 3. The highest BCUT2D eigenvalue weighted by Gasteiger charge is 2.14. The number of anilines is 1. The molecule has 0 radical (unpaired) electrons. The van der Waals surface area contributed by atoms with E-state index in [1.54, 1.807) is 36.4 Å². The minimum Gasteiger partial charge on any atom is -0.352 e. The molecule has 2 aromatic rings. The van der Waals surface area contributed by atoms with Crippen molar-refractivity contribution in [3.63, 3.8) is 0 Å². The molecule has 0 aliphatic rings. The molecular formula is C21H24N2O3S. The van der Waals surface area contributed by atoms with Gasteiger partial charge in [-0.2, -0.15) is 0 Å². The summed E-state index contributed by atoms with van der Waals surface area (Å²) >= 11 is 1.25. The zero-order valence-electron chi connectivity index (χ0n) is 15.5. The van der Waals surface area contributed by atoms with Crippen LogP contribution < -0.4 is 10.6 Å². The summed E-state index contributed by atoms with van der Waals surface area (Å²) in [5.74, 6) is 0.238. The Hall–Kier alpha value is -2.60.